The molecule has 0 aliphatic rings. The van der Waals surface area contributed by atoms with Crippen LogP contribution in [0.15, 0.2) is 47.4 Å². The molecule has 2 aromatic carbocycles. The normalized spacial score (nSPS) is 12.3. The van der Waals surface area contributed by atoms with Crippen LogP contribution in [-0.2, 0) is 16.6 Å². The Morgan fingerprint density at radius 2 is 1.56 bits per heavy atom. The molecule has 0 aliphatic carbocycles. The molecule has 0 aliphatic heterocycles. The van der Waals surface area contributed by atoms with Gasteiger partial charge < -0.3 is 5.73 Å². The molecule has 0 aromatic heterocycles. The van der Waals surface area contributed by atoms with E-state index in [9.17, 15) is 13.0 Å². The fourth-order valence-corrected chi connectivity index (χ4v) is 2.62. The molecular formula is C13H11F2NOS. The Morgan fingerprint density at radius 3 is 2.11 bits per heavy atom. The average molecular weight is 267 g/mol. The minimum absolute atomic E-state index is 0.0681. The van der Waals surface area contributed by atoms with Crippen molar-refractivity contribution in [1.29, 1.82) is 0 Å². The number of hydrogen-bond acceptors (Lipinski definition) is 2. The van der Waals surface area contributed by atoms with Gasteiger partial charge in [-0.25, -0.2) is 8.78 Å². The largest absolute Gasteiger partial charge is 0.399 e. The fourth-order valence-electron chi connectivity index (χ4n) is 1.55. The van der Waals surface area contributed by atoms with E-state index in [1.807, 2.05) is 0 Å². The van der Waals surface area contributed by atoms with Crippen LogP contribution in [0.4, 0.5) is 14.5 Å². The second kappa shape index (κ2) is 5.27. The molecule has 1 unspecified atom stereocenters. The van der Waals surface area contributed by atoms with Crippen LogP contribution in [-0.4, -0.2) is 4.21 Å². The molecule has 5 heteroatoms. The second-order valence-electron chi connectivity index (χ2n) is 3.84. The van der Waals surface area contributed by atoms with Crippen molar-refractivity contribution in [3.63, 3.8) is 0 Å². The predicted octanol–water partition coefficient (Wildman–Crippen LogP) is 2.85. The summed E-state index contributed by atoms with van der Waals surface area (Å²) < 4.78 is 37.9. The van der Waals surface area contributed by atoms with Gasteiger partial charge in [0.2, 0.25) is 0 Å². The van der Waals surface area contributed by atoms with E-state index < -0.39 is 22.4 Å². The van der Waals surface area contributed by atoms with Crippen molar-refractivity contribution in [1.82, 2.24) is 0 Å². The van der Waals surface area contributed by atoms with Crippen molar-refractivity contribution in [2.75, 3.05) is 5.73 Å². The third kappa shape index (κ3) is 3.13. The van der Waals surface area contributed by atoms with Crippen LogP contribution in [0.5, 0.6) is 0 Å². The summed E-state index contributed by atoms with van der Waals surface area (Å²) in [5, 5.41) is 0. The molecule has 2 N–H and O–H groups in total. The zero-order valence-corrected chi connectivity index (χ0v) is 10.2. The Bertz CT molecular complexity index is 564. The quantitative estimate of drug-likeness (QED) is 0.869. The standard InChI is InChI=1S/C13H11F2NOS/c14-10-5-9(6-11(15)7-10)8-18(17)13-3-1-12(16)2-4-13/h1-7H,8,16H2. The summed E-state index contributed by atoms with van der Waals surface area (Å²) >= 11 is 0. The Hall–Kier alpha value is -1.75. The molecule has 94 valence electrons. The summed E-state index contributed by atoms with van der Waals surface area (Å²) in [5.74, 6) is -1.27. The van der Waals surface area contributed by atoms with Crippen LogP contribution in [0.1, 0.15) is 5.56 Å². The molecule has 2 nitrogen and oxygen atoms in total. The number of nitrogens with two attached hydrogens (primary N) is 1. The molecule has 0 bridgehead atoms. The van der Waals surface area contributed by atoms with E-state index in [4.69, 9.17) is 5.73 Å². The maximum atomic E-state index is 13.0. The van der Waals surface area contributed by atoms with Crippen molar-refractivity contribution in [2.24, 2.45) is 0 Å². The topological polar surface area (TPSA) is 43.1 Å². The Balaban J connectivity index is 2.18. The van der Waals surface area contributed by atoms with Crippen molar-refractivity contribution in [3.8, 4) is 0 Å². The van der Waals surface area contributed by atoms with Gasteiger partial charge in [0.25, 0.3) is 0 Å². The Morgan fingerprint density at radius 1 is 1.00 bits per heavy atom. The van der Waals surface area contributed by atoms with E-state index in [-0.39, 0.29) is 5.75 Å². The second-order valence-corrected chi connectivity index (χ2v) is 5.29. The first kappa shape index (κ1) is 12.7. The van der Waals surface area contributed by atoms with Gasteiger partial charge in [-0.1, -0.05) is 0 Å². The minimum Gasteiger partial charge on any atom is -0.399 e. The minimum atomic E-state index is -1.35. The van der Waals surface area contributed by atoms with Gasteiger partial charge in [-0.2, -0.15) is 0 Å². The molecule has 2 aromatic rings. The lowest BCUT2D eigenvalue weighted by Gasteiger charge is -2.04. The van der Waals surface area contributed by atoms with Gasteiger partial charge in [-0.05, 0) is 42.0 Å². The van der Waals surface area contributed by atoms with Crippen molar-refractivity contribution < 1.29 is 13.0 Å². The highest BCUT2D eigenvalue weighted by molar-refractivity contribution is 7.84. The Labute approximate surface area is 106 Å². The third-order valence-electron chi connectivity index (χ3n) is 2.36. The van der Waals surface area contributed by atoms with E-state index in [1.54, 1.807) is 24.3 Å². The number of anilines is 1. The first-order valence-electron chi connectivity index (χ1n) is 5.23. The predicted molar refractivity (Wildman–Crippen MR) is 67.3 cm³/mol. The molecular weight excluding hydrogens is 256 g/mol. The highest BCUT2D eigenvalue weighted by Crippen LogP contribution is 2.16. The van der Waals surface area contributed by atoms with Crippen LogP contribution in [0.2, 0.25) is 0 Å². The SMILES string of the molecule is Nc1ccc(S(=O)Cc2cc(F)cc(F)c2)cc1. The maximum absolute atomic E-state index is 13.0. The fraction of sp³-hybridized carbons (Fsp3) is 0.0769. The van der Waals surface area contributed by atoms with Crippen LogP contribution in [0.25, 0.3) is 0 Å². The van der Waals surface area contributed by atoms with Crippen LogP contribution in [0.3, 0.4) is 0 Å². The number of halogens is 2. The van der Waals surface area contributed by atoms with Gasteiger partial charge in [-0.15, -0.1) is 0 Å². The van der Waals surface area contributed by atoms with Gasteiger partial charge in [0.15, 0.2) is 0 Å². The zero-order chi connectivity index (χ0) is 13.1. The molecule has 0 heterocycles. The van der Waals surface area contributed by atoms with Crippen molar-refractivity contribution in [2.45, 2.75) is 10.6 Å². The molecule has 0 spiro atoms. The smallest absolute Gasteiger partial charge is 0.126 e. The molecule has 0 amide bonds. The van der Waals surface area contributed by atoms with E-state index in [1.165, 1.54) is 12.1 Å². The Kier molecular flexibility index (Phi) is 3.72. The summed E-state index contributed by atoms with van der Waals surface area (Å²) in [6.45, 7) is 0. The molecule has 0 fully saturated rings. The third-order valence-corrected chi connectivity index (χ3v) is 3.76. The molecule has 0 saturated heterocycles. The van der Waals surface area contributed by atoms with Gasteiger partial charge in [0.05, 0.1) is 16.6 Å². The summed E-state index contributed by atoms with van der Waals surface area (Å²) in [5.41, 5.74) is 6.46. The van der Waals surface area contributed by atoms with Gasteiger partial charge in [0, 0.05) is 16.6 Å². The monoisotopic (exact) mass is 267 g/mol. The van der Waals surface area contributed by atoms with E-state index in [2.05, 4.69) is 0 Å². The first-order valence-corrected chi connectivity index (χ1v) is 6.55. The number of rotatable bonds is 3. The van der Waals surface area contributed by atoms with Crippen LogP contribution < -0.4 is 5.73 Å². The van der Waals surface area contributed by atoms with Gasteiger partial charge in [0.1, 0.15) is 11.6 Å². The number of hydrogen-bond donors (Lipinski definition) is 1. The van der Waals surface area contributed by atoms with Crippen LogP contribution >= 0.6 is 0 Å². The zero-order valence-electron chi connectivity index (χ0n) is 9.40. The lowest BCUT2D eigenvalue weighted by molar-refractivity contribution is 0.581. The number of benzene rings is 2. The summed E-state index contributed by atoms with van der Waals surface area (Å²) in [7, 11) is -1.35. The molecule has 0 saturated carbocycles. The van der Waals surface area contributed by atoms with Crippen molar-refractivity contribution in [3.05, 3.63) is 59.7 Å². The van der Waals surface area contributed by atoms with E-state index in [0.717, 1.165) is 6.07 Å². The summed E-state index contributed by atoms with van der Waals surface area (Å²) in [6, 6.07) is 9.70. The van der Waals surface area contributed by atoms with Crippen molar-refractivity contribution >= 4 is 16.5 Å². The average Bonchev–Trinajstić information content (AvgIpc) is 2.28. The summed E-state index contributed by atoms with van der Waals surface area (Å²) in [6.07, 6.45) is 0. The molecule has 2 rings (SSSR count). The molecule has 18 heavy (non-hydrogen) atoms. The summed E-state index contributed by atoms with van der Waals surface area (Å²) in [4.78, 5) is 0.578. The highest BCUT2D eigenvalue weighted by Gasteiger charge is 2.07. The molecule has 0 radical (unpaired) electrons. The van der Waals surface area contributed by atoms with E-state index in [0.29, 0.717) is 16.1 Å². The molecule has 1 atom stereocenters. The van der Waals surface area contributed by atoms with Gasteiger partial charge in [-0.3, -0.25) is 4.21 Å². The number of nitrogen functional groups attached to an aromatic ring is 1. The first-order chi connectivity index (χ1) is 8.54. The lowest BCUT2D eigenvalue weighted by Crippen LogP contribution is -1.98. The van der Waals surface area contributed by atoms with Gasteiger partial charge >= 0.3 is 0 Å². The van der Waals surface area contributed by atoms with Crippen LogP contribution in [0, 0.1) is 11.6 Å². The lowest BCUT2D eigenvalue weighted by atomic mass is 10.2. The van der Waals surface area contributed by atoms with E-state index >= 15 is 0 Å². The highest BCUT2D eigenvalue weighted by atomic mass is 32.2. The maximum Gasteiger partial charge on any atom is 0.126 e.